The van der Waals surface area contributed by atoms with E-state index in [4.69, 9.17) is 17.5 Å². The number of hydrogen-bond donors (Lipinski definition) is 0. The largest absolute Gasteiger partial charge is 0.466 e. The molecular weight excluding hydrogens is 279 g/mol. The summed E-state index contributed by atoms with van der Waals surface area (Å²) in [5.41, 5.74) is 5.67. The van der Waals surface area contributed by atoms with Crippen molar-refractivity contribution in [3.8, 4) is 5.75 Å². The number of methoxy groups -OCH3 is 1. The summed E-state index contributed by atoms with van der Waals surface area (Å²) in [5.74, 6) is 0.624. The Balaban J connectivity index is 2.57. The molecule has 0 bridgehead atoms. The average Bonchev–Trinajstić information content (AvgIpc) is 2.49. The molecule has 2 aromatic rings. The highest BCUT2D eigenvalue weighted by Gasteiger charge is 2.10. The van der Waals surface area contributed by atoms with Crippen LogP contribution in [0.25, 0.3) is 16.2 Å². The van der Waals surface area contributed by atoms with Crippen molar-refractivity contribution in [2.45, 2.75) is 13.2 Å². The van der Waals surface area contributed by atoms with Crippen molar-refractivity contribution in [1.29, 1.82) is 0 Å². The van der Waals surface area contributed by atoms with E-state index in [-0.39, 0.29) is 0 Å². The molecule has 6 nitrogen and oxygen atoms in total. The Morgan fingerprint density at radius 3 is 2.73 bits per heavy atom. The number of ether oxygens (including phenoxy) is 2. The summed E-state index contributed by atoms with van der Waals surface area (Å²) in [6.07, 6.45) is -0.405. The van der Waals surface area contributed by atoms with Crippen LogP contribution in [0, 0.1) is 0 Å². The first-order chi connectivity index (χ1) is 10.5. The molecule has 0 aliphatic rings. The second-order valence-corrected chi connectivity index (χ2v) is 4.71. The molecule has 1 atom stereocenters. The summed E-state index contributed by atoms with van der Waals surface area (Å²) in [6, 6.07) is 9.34. The summed E-state index contributed by atoms with van der Waals surface area (Å²) in [5, 5.41) is 8.95. The molecule has 112 valence electrons. The molecule has 0 N–H and O–H groups in total. The fourth-order valence-corrected chi connectivity index (χ4v) is 2.01. The van der Waals surface area contributed by atoms with Gasteiger partial charge in [-0.3, -0.25) is 9.71 Å². The van der Waals surface area contributed by atoms with Crippen molar-refractivity contribution >= 4 is 36.8 Å². The van der Waals surface area contributed by atoms with Gasteiger partial charge in [0.15, 0.2) is 6.29 Å². The Bertz CT molecular complexity index is 718. The molecule has 0 saturated heterocycles. The lowest BCUT2D eigenvalue weighted by atomic mass is 10.1. The van der Waals surface area contributed by atoms with E-state index in [0.29, 0.717) is 17.1 Å². The van der Waals surface area contributed by atoms with Gasteiger partial charge in [0.25, 0.3) is 7.98 Å². The van der Waals surface area contributed by atoms with Crippen molar-refractivity contribution < 1.29 is 14.2 Å². The molecule has 0 aromatic heterocycles. The highest BCUT2D eigenvalue weighted by molar-refractivity contribution is 6.05. The Morgan fingerprint density at radius 2 is 2.09 bits per heavy atom. The van der Waals surface area contributed by atoms with Gasteiger partial charge in [-0.05, 0) is 36.2 Å². The van der Waals surface area contributed by atoms with Crippen molar-refractivity contribution in [3.05, 3.63) is 35.8 Å². The Hall–Kier alpha value is -2.41. The first-order valence-corrected chi connectivity index (χ1v) is 6.68. The number of benzene rings is 2. The predicted molar refractivity (Wildman–Crippen MR) is 87.6 cm³/mol. The van der Waals surface area contributed by atoms with Gasteiger partial charge in [0, 0.05) is 12.5 Å². The van der Waals surface area contributed by atoms with Crippen LogP contribution in [0.2, 0.25) is 0 Å². The minimum atomic E-state index is -0.405. The van der Waals surface area contributed by atoms with E-state index in [1.165, 1.54) is 4.68 Å². The quantitative estimate of drug-likeness (QED) is 0.204. The van der Waals surface area contributed by atoms with E-state index < -0.39 is 6.29 Å². The van der Waals surface area contributed by atoms with Gasteiger partial charge < -0.3 is 14.9 Å². The third kappa shape index (κ3) is 3.62. The van der Waals surface area contributed by atoms with E-state index in [1.54, 1.807) is 20.2 Å². The normalized spacial score (nSPS) is 12.5. The van der Waals surface area contributed by atoms with E-state index in [0.717, 1.165) is 10.8 Å². The summed E-state index contributed by atoms with van der Waals surface area (Å²) >= 11 is 0. The molecule has 22 heavy (non-hydrogen) atoms. The maximum atomic E-state index is 5.86. The fourth-order valence-electron chi connectivity index (χ4n) is 2.01. The lowest BCUT2D eigenvalue weighted by Gasteiger charge is -2.23. The van der Waals surface area contributed by atoms with Crippen molar-refractivity contribution in [1.82, 2.24) is 0 Å². The molecule has 0 saturated carbocycles. The first kappa shape index (κ1) is 16.0. The smallest absolute Gasteiger partial charge is 0.293 e. The van der Waals surface area contributed by atoms with Gasteiger partial charge in [0.2, 0.25) is 0 Å². The van der Waals surface area contributed by atoms with Gasteiger partial charge in [0.05, 0.1) is 5.69 Å². The molecule has 0 spiro atoms. The molecule has 2 rings (SSSR count). The molecule has 2 radical (unpaired) electrons. The Labute approximate surface area is 130 Å². The SMILES string of the molecule is [B]N=Nc1ccc2c(OC(C)OC)c([N-][N+](=C)C)ccc2c1. The van der Waals surface area contributed by atoms with Crippen LogP contribution in [0.4, 0.5) is 11.4 Å². The molecule has 0 fully saturated rings. The van der Waals surface area contributed by atoms with Crippen LogP contribution >= 0.6 is 0 Å². The zero-order valence-electron chi connectivity index (χ0n) is 12.9. The minimum Gasteiger partial charge on any atom is -0.466 e. The van der Waals surface area contributed by atoms with Crippen LogP contribution in [-0.2, 0) is 4.74 Å². The summed E-state index contributed by atoms with van der Waals surface area (Å²) < 4.78 is 12.5. The van der Waals surface area contributed by atoms with Gasteiger partial charge in [-0.1, -0.05) is 12.1 Å². The second-order valence-electron chi connectivity index (χ2n) is 4.71. The highest BCUT2D eigenvalue weighted by Crippen LogP contribution is 2.40. The van der Waals surface area contributed by atoms with Crippen molar-refractivity contribution in [2.75, 3.05) is 14.2 Å². The molecular formula is C15H17BN4O2. The molecule has 0 amide bonds. The molecule has 0 heterocycles. The lowest BCUT2D eigenvalue weighted by Crippen LogP contribution is -2.14. The Morgan fingerprint density at radius 1 is 1.32 bits per heavy atom. The minimum absolute atomic E-state index is 0.405. The second kappa shape index (κ2) is 7.04. The van der Waals surface area contributed by atoms with Gasteiger partial charge in [-0.25, -0.2) is 0 Å². The summed E-state index contributed by atoms with van der Waals surface area (Å²) in [6.45, 7) is 5.54. The van der Waals surface area contributed by atoms with Gasteiger partial charge in [-0.2, -0.15) is 5.11 Å². The number of fused-ring (bicyclic) bond motifs is 1. The molecule has 0 aliphatic carbocycles. The highest BCUT2D eigenvalue weighted by atomic mass is 16.7. The fraction of sp³-hybridized carbons (Fsp3) is 0.267. The van der Waals surface area contributed by atoms with Gasteiger partial charge >= 0.3 is 0 Å². The van der Waals surface area contributed by atoms with E-state index in [9.17, 15) is 0 Å². The molecule has 2 aromatic carbocycles. The number of hydrogen-bond acceptors (Lipinski definition) is 4. The molecule has 1 unspecified atom stereocenters. The van der Waals surface area contributed by atoms with Gasteiger partial charge in [0.1, 0.15) is 19.5 Å². The maximum absolute atomic E-state index is 5.86. The van der Waals surface area contributed by atoms with Gasteiger partial charge in [-0.15, -0.1) is 0 Å². The van der Waals surface area contributed by atoms with Crippen LogP contribution in [0.5, 0.6) is 5.75 Å². The summed E-state index contributed by atoms with van der Waals surface area (Å²) in [4.78, 5) is 0. The zero-order valence-corrected chi connectivity index (χ0v) is 12.9. The van der Waals surface area contributed by atoms with E-state index >= 15 is 0 Å². The van der Waals surface area contributed by atoms with Crippen molar-refractivity contribution in [2.24, 2.45) is 10.1 Å². The summed E-state index contributed by atoms with van der Waals surface area (Å²) in [7, 11) is 8.42. The molecule has 7 heteroatoms. The van der Waals surface area contributed by atoms with Crippen LogP contribution in [-0.4, -0.2) is 39.8 Å². The predicted octanol–water partition coefficient (Wildman–Crippen LogP) is 3.64. The van der Waals surface area contributed by atoms with Crippen LogP contribution < -0.4 is 4.74 Å². The van der Waals surface area contributed by atoms with Crippen LogP contribution in [0.3, 0.4) is 0 Å². The van der Waals surface area contributed by atoms with Crippen molar-refractivity contribution in [3.63, 3.8) is 0 Å². The average molecular weight is 296 g/mol. The van der Waals surface area contributed by atoms with E-state index in [1.807, 2.05) is 31.2 Å². The zero-order chi connectivity index (χ0) is 16.1. The maximum Gasteiger partial charge on any atom is 0.293 e. The topological polar surface area (TPSA) is 60.3 Å². The number of nitrogens with zero attached hydrogens (tertiary/aromatic N) is 4. The molecule has 0 aliphatic heterocycles. The number of rotatable bonds is 6. The monoisotopic (exact) mass is 296 g/mol. The third-order valence-corrected chi connectivity index (χ3v) is 3.00. The Kier molecular flexibility index (Phi) is 5.11. The lowest BCUT2D eigenvalue weighted by molar-refractivity contribution is -0.428. The standard InChI is InChI=1S/C15H17BN4O2/c1-10(21-4)22-15-13-7-6-12(17-19-16)9-11(13)5-8-14(15)18-20(2)3/h5-10H,2H2,1,3-4H3. The van der Waals surface area contributed by atoms with Crippen LogP contribution in [0.1, 0.15) is 6.92 Å². The van der Waals surface area contributed by atoms with E-state index in [2.05, 4.69) is 22.3 Å². The van der Waals surface area contributed by atoms with Crippen LogP contribution in [0.15, 0.2) is 40.5 Å². The third-order valence-electron chi connectivity index (χ3n) is 3.00. The first-order valence-electron chi connectivity index (χ1n) is 6.68.